The Kier molecular flexibility index (Phi) is 7.01. The minimum Gasteiger partial charge on any atom is -0.319 e. The molecule has 14 heteroatoms. The van der Waals surface area contributed by atoms with Crippen LogP contribution in [-0.2, 0) is 6.18 Å². The monoisotopic (exact) mass is 485 g/mol. The second-order valence-corrected chi connectivity index (χ2v) is 6.63. The number of aromatic nitrogens is 3. The highest BCUT2D eigenvalue weighted by atomic mass is 35.5. The van der Waals surface area contributed by atoms with E-state index in [4.69, 9.17) is 17.0 Å². The molecule has 2 aromatic heterocycles. The smallest absolute Gasteiger partial charge is 0.319 e. The largest absolute Gasteiger partial charge is 0.420 e. The van der Waals surface area contributed by atoms with Crippen molar-refractivity contribution in [1.29, 1.82) is 5.41 Å². The zero-order valence-corrected chi connectivity index (χ0v) is 17.0. The van der Waals surface area contributed by atoms with Crippen LogP contribution in [0.1, 0.15) is 22.6 Å². The Morgan fingerprint density at radius 2 is 1.94 bits per heavy atom. The van der Waals surface area contributed by atoms with Crippen LogP contribution in [0.2, 0.25) is 5.02 Å². The first-order valence-corrected chi connectivity index (χ1v) is 9.29. The Morgan fingerprint density at radius 1 is 1.24 bits per heavy atom. The van der Waals surface area contributed by atoms with Crippen molar-refractivity contribution in [2.24, 2.45) is 5.10 Å². The Labute approximate surface area is 187 Å². The number of rotatable bonds is 7. The lowest BCUT2D eigenvalue weighted by molar-refractivity contribution is -0.137. The van der Waals surface area contributed by atoms with Crippen molar-refractivity contribution in [1.82, 2.24) is 14.8 Å². The number of hydrogen-bond acceptors (Lipinski definition) is 6. The highest BCUT2D eigenvalue weighted by molar-refractivity contribution is 6.33. The molecule has 33 heavy (non-hydrogen) atoms. The van der Waals surface area contributed by atoms with Crippen LogP contribution in [0, 0.1) is 5.41 Å². The van der Waals surface area contributed by atoms with E-state index in [1.54, 1.807) is 0 Å². The first-order valence-electron chi connectivity index (χ1n) is 8.91. The molecule has 1 amide bonds. The molecule has 0 atom stereocenters. The first kappa shape index (κ1) is 23.8. The zero-order valence-electron chi connectivity index (χ0n) is 16.2. The van der Waals surface area contributed by atoms with Crippen molar-refractivity contribution in [3.63, 3.8) is 0 Å². The van der Waals surface area contributed by atoms with Gasteiger partial charge in [-0.1, -0.05) is 41.9 Å². The summed E-state index contributed by atoms with van der Waals surface area (Å²) in [6.45, 7) is -3.44. The number of carbonyl (C=O) groups is 1. The van der Waals surface area contributed by atoms with E-state index in [2.05, 4.69) is 25.9 Å². The Bertz CT molecular complexity index is 1200. The molecule has 3 rings (SSSR count). The highest BCUT2D eigenvalue weighted by Crippen LogP contribution is 2.41. The fourth-order valence-corrected chi connectivity index (χ4v) is 3.00. The van der Waals surface area contributed by atoms with Crippen molar-refractivity contribution < 1.29 is 26.7 Å². The van der Waals surface area contributed by atoms with E-state index in [0.717, 1.165) is 24.7 Å². The quantitative estimate of drug-likeness (QED) is 0.239. The summed E-state index contributed by atoms with van der Waals surface area (Å²) in [5.41, 5.74) is -1.69. The van der Waals surface area contributed by atoms with Gasteiger partial charge >= 0.3 is 12.7 Å². The fraction of sp³-hybridized carbons (Fsp3) is 0.105. The number of alkyl halides is 5. The minimum atomic E-state index is -5.17. The van der Waals surface area contributed by atoms with Crippen LogP contribution >= 0.6 is 11.6 Å². The highest BCUT2D eigenvalue weighted by Gasteiger charge is 2.43. The number of hydrazone groups is 1. The average Bonchev–Trinajstić information content (AvgIpc) is 3.18. The van der Waals surface area contributed by atoms with Crippen molar-refractivity contribution in [2.75, 3.05) is 10.7 Å². The normalized spacial score (nSPS) is 11.7. The van der Waals surface area contributed by atoms with Gasteiger partial charge in [-0.3, -0.25) is 10.2 Å². The molecule has 1 aromatic carbocycles. The SMILES string of the molecule is N=C/C=N\Nc1ncc(NC(=O)c2nn(C(F)F)c(-c3ccccc3)c2C(F)(F)F)cc1Cl. The molecule has 0 bridgehead atoms. The summed E-state index contributed by atoms with van der Waals surface area (Å²) in [6, 6.07) is 7.79. The van der Waals surface area contributed by atoms with Crippen molar-refractivity contribution >= 4 is 41.4 Å². The molecule has 0 saturated heterocycles. The number of carbonyl (C=O) groups excluding carboxylic acids is 1. The molecule has 172 valence electrons. The predicted octanol–water partition coefficient (Wildman–Crippen LogP) is 5.31. The minimum absolute atomic E-state index is 0.0390. The molecule has 0 unspecified atom stereocenters. The van der Waals surface area contributed by atoms with E-state index in [9.17, 15) is 26.7 Å². The third-order valence-corrected chi connectivity index (χ3v) is 4.35. The van der Waals surface area contributed by atoms with Crippen molar-refractivity contribution in [3.8, 4) is 11.3 Å². The van der Waals surface area contributed by atoms with E-state index < -0.39 is 35.6 Å². The molecule has 0 aliphatic rings. The van der Waals surface area contributed by atoms with Gasteiger partial charge in [0.05, 0.1) is 28.8 Å². The number of halogens is 6. The number of nitrogens with zero attached hydrogens (tertiary/aromatic N) is 4. The molecule has 2 heterocycles. The third kappa shape index (κ3) is 5.31. The number of amides is 1. The summed E-state index contributed by atoms with van der Waals surface area (Å²) in [5.74, 6) is -1.35. The fourth-order valence-electron chi connectivity index (χ4n) is 2.79. The van der Waals surface area contributed by atoms with E-state index >= 15 is 0 Å². The zero-order chi connectivity index (χ0) is 24.2. The van der Waals surface area contributed by atoms with Gasteiger partial charge < -0.3 is 10.7 Å². The van der Waals surface area contributed by atoms with Gasteiger partial charge in [-0.25, -0.2) is 9.67 Å². The topological polar surface area (TPSA) is 108 Å². The van der Waals surface area contributed by atoms with Crippen LogP contribution in [-0.4, -0.2) is 33.1 Å². The van der Waals surface area contributed by atoms with E-state index in [1.807, 2.05) is 0 Å². The third-order valence-electron chi connectivity index (χ3n) is 4.06. The number of anilines is 2. The van der Waals surface area contributed by atoms with Gasteiger partial charge in [-0.05, 0) is 6.07 Å². The number of benzene rings is 1. The maximum absolute atomic E-state index is 13.9. The molecule has 0 saturated carbocycles. The Balaban J connectivity index is 2.02. The van der Waals surface area contributed by atoms with Gasteiger partial charge in [0.25, 0.3) is 5.91 Å². The van der Waals surface area contributed by atoms with Crippen LogP contribution in [0.5, 0.6) is 0 Å². The van der Waals surface area contributed by atoms with Crippen molar-refractivity contribution in [2.45, 2.75) is 12.7 Å². The molecule has 3 aromatic rings. The molecule has 8 nitrogen and oxygen atoms in total. The molecule has 0 spiro atoms. The maximum Gasteiger partial charge on any atom is 0.420 e. The van der Waals surface area contributed by atoms with Crippen LogP contribution in [0.4, 0.5) is 33.5 Å². The van der Waals surface area contributed by atoms with Crippen LogP contribution < -0.4 is 10.7 Å². The van der Waals surface area contributed by atoms with E-state index in [0.29, 0.717) is 0 Å². The molecular weight excluding hydrogens is 473 g/mol. The summed E-state index contributed by atoms with van der Waals surface area (Å²) in [7, 11) is 0. The van der Waals surface area contributed by atoms with E-state index in [1.165, 1.54) is 30.3 Å². The second-order valence-electron chi connectivity index (χ2n) is 6.22. The molecule has 0 aliphatic heterocycles. The average molecular weight is 486 g/mol. The molecule has 0 aliphatic carbocycles. The van der Waals surface area contributed by atoms with Gasteiger partial charge in [0.2, 0.25) is 0 Å². The van der Waals surface area contributed by atoms with Crippen molar-refractivity contribution in [3.05, 3.63) is 58.9 Å². The standard InChI is InChI=1S/C19H13ClF5N7O/c20-12-8-11(9-27-16(12)30-28-7-6-26)29-17(33)14-13(19(23,24)25)15(32(31-14)18(21)22)10-4-2-1-3-5-10/h1-9,18,26H,(H,27,30)(H,29,33)/b26-6?,28-7-. The number of nitrogens with one attached hydrogen (secondary N) is 3. The number of pyridine rings is 1. The maximum atomic E-state index is 13.9. The summed E-state index contributed by atoms with van der Waals surface area (Å²) in [6.07, 6.45) is -2.13. The summed E-state index contributed by atoms with van der Waals surface area (Å²) in [5, 5.41) is 15.8. The van der Waals surface area contributed by atoms with Gasteiger partial charge in [-0.15, -0.1) is 0 Å². The molecule has 0 radical (unpaired) electrons. The number of hydrogen-bond donors (Lipinski definition) is 3. The molecular formula is C19H13ClF5N7O. The first-order chi connectivity index (χ1) is 15.6. The van der Waals surface area contributed by atoms with Crippen LogP contribution in [0.15, 0.2) is 47.7 Å². The van der Waals surface area contributed by atoms with Crippen LogP contribution in [0.25, 0.3) is 11.3 Å². The predicted molar refractivity (Wildman–Crippen MR) is 112 cm³/mol. The lowest BCUT2D eigenvalue weighted by Crippen LogP contribution is -2.19. The van der Waals surface area contributed by atoms with Gasteiger partial charge in [0.1, 0.15) is 5.56 Å². The van der Waals surface area contributed by atoms with Crippen LogP contribution in [0.3, 0.4) is 0 Å². The summed E-state index contributed by atoms with van der Waals surface area (Å²) >= 11 is 5.99. The lowest BCUT2D eigenvalue weighted by atomic mass is 10.0. The summed E-state index contributed by atoms with van der Waals surface area (Å²) in [4.78, 5) is 16.5. The van der Waals surface area contributed by atoms with E-state index in [-0.39, 0.29) is 26.8 Å². The lowest BCUT2D eigenvalue weighted by Gasteiger charge is -2.12. The Hall–Kier alpha value is -3.87. The molecule has 0 fully saturated rings. The van der Waals surface area contributed by atoms with Gasteiger partial charge in [0, 0.05) is 11.8 Å². The van der Waals surface area contributed by atoms with Gasteiger partial charge in [-0.2, -0.15) is 32.2 Å². The summed E-state index contributed by atoms with van der Waals surface area (Å²) < 4.78 is 68.6. The van der Waals surface area contributed by atoms with Gasteiger partial charge in [0.15, 0.2) is 11.5 Å². The molecule has 3 N–H and O–H groups in total. The Morgan fingerprint density at radius 3 is 2.52 bits per heavy atom. The second kappa shape index (κ2) is 9.73.